The first-order chi connectivity index (χ1) is 8.39. The summed E-state index contributed by atoms with van der Waals surface area (Å²) in [6.45, 7) is 11.8. The van der Waals surface area contributed by atoms with Crippen LogP contribution in [0.4, 0.5) is 4.39 Å². The van der Waals surface area contributed by atoms with Crippen LogP contribution in [0.1, 0.15) is 45.2 Å². The Labute approximate surface area is 109 Å². The van der Waals surface area contributed by atoms with Crippen LogP contribution in [-0.2, 0) is 0 Å². The van der Waals surface area contributed by atoms with E-state index in [-0.39, 0.29) is 17.3 Å². The summed E-state index contributed by atoms with van der Waals surface area (Å²) in [5, 5.41) is 0. The van der Waals surface area contributed by atoms with Gasteiger partial charge in [-0.1, -0.05) is 39.5 Å². The topological polar surface area (TPSA) is 3.24 Å². The number of halogens is 1. The van der Waals surface area contributed by atoms with Gasteiger partial charge in [-0.25, -0.2) is 4.39 Å². The molecule has 0 radical (unpaired) electrons. The Balaban J connectivity index is 2.25. The van der Waals surface area contributed by atoms with E-state index in [2.05, 4.69) is 32.3 Å². The summed E-state index contributed by atoms with van der Waals surface area (Å²) in [5.74, 6) is -0.152. The van der Waals surface area contributed by atoms with E-state index in [1.807, 2.05) is 6.07 Å². The third-order valence-corrected chi connectivity index (χ3v) is 3.70. The molecule has 1 saturated heterocycles. The van der Waals surface area contributed by atoms with E-state index in [0.717, 1.165) is 30.6 Å². The first-order valence-electron chi connectivity index (χ1n) is 6.61. The van der Waals surface area contributed by atoms with Gasteiger partial charge in [0.25, 0.3) is 0 Å². The van der Waals surface area contributed by atoms with Crippen LogP contribution in [0.15, 0.2) is 36.5 Å². The molecule has 0 bridgehead atoms. The fourth-order valence-corrected chi connectivity index (χ4v) is 2.58. The van der Waals surface area contributed by atoms with Crippen LogP contribution in [0.2, 0.25) is 0 Å². The van der Waals surface area contributed by atoms with E-state index in [0.29, 0.717) is 0 Å². The van der Waals surface area contributed by atoms with Gasteiger partial charge in [0, 0.05) is 17.7 Å². The van der Waals surface area contributed by atoms with Gasteiger partial charge in [0.1, 0.15) is 5.82 Å². The lowest BCUT2D eigenvalue weighted by molar-refractivity contribution is 0.255. The molecule has 1 aliphatic heterocycles. The van der Waals surface area contributed by atoms with Crippen LogP contribution in [-0.4, -0.2) is 11.4 Å². The molecule has 1 aromatic rings. The molecule has 0 N–H and O–H groups in total. The van der Waals surface area contributed by atoms with Gasteiger partial charge in [-0.3, -0.25) is 0 Å². The number of allylic oxidation sites excluding steroid dienone is 1. The molecule has 0 saturated carbocycles. The molecule has 0 amide bonds. The second-order valence-corrected chi connectivity index (χ2v) is 6.10. The largest absolute Gasteiger partial charge is 0.368 e. The van der Waals surface area contributed by atoms with Crippen LogP contribution in [0, 0.1) is 11.2 Å². The molecule has 2 rings (SSSR count). The third kappa shape index (κ3) is 2.58. The van der Waals surface area contributed by atoms with Crippen molar-refractivity contribution in [2.75, 3.05) is 6.54 Å². The summed E-state index contributed by atoms with van der Waals surface area (Å²) in [5.41, 5.74) is 2.28. The van der Waals surface area contributed by atoms with Gasteiger partial charge in [0.2, 0.25) is 0 Å². The number of likely N-dealkylation sites (tertiary alicyclic amines) is 1. The molecule has 1 atom stereocenters. The summed E-state index contributed by atoms with van der Waals surface area (Å²) in [4.78, 5) is 2.34. The van der Waals surface area contributed by atoms with E-state index in [4.69, 9.17) is 0 Å². The molecule has 1 heterocycles. The molecular formula is C16H22FN. The lowest BCUT2D eigenvalue weighted by atomic mass is 9.91. The molecule has 0 aliphatic carbocycles. The van der Waals surface area contributed by atoms with E-state index in [1.165, 1.54) is 6.07 Å². The predicted molar refractivity (Wildman–Crippen MR) is 73.7 cm³/mol. The van der Waals surface area contributed by atoms with E-state index in [9.17, 15) is 4.39 Å². The van der Waals surface area contributed by atoms with E-state index < -0.39 is 0 Å². The summed E-state index contributed by atoms with van der Waals surface area (Å²) >= 11 is 0. The van der Waals surface area contributed by atoms with Crippen LogP contribution in [0.3, 0.4) is 0 Å². The fraction of sp³-hybridized carbons (Fsp3) is 0.500. The number of hydrogen-bond acceptors (Lipinski definition) is 1. The molecule has 2 heteroatoms. The van der Waals surface area contributed by atoms with Crippen molar-refractivity contribution in [1.82, 2.24) is 4.90 Å². The Morgan fingerprint density at radius 2 is 2.11 bits per heavy atom. The molecule has 1 nitrogen and oxygen atoms in total. The minimum absolute atomic E-state index is 0.0654. The quantitative estimate of drug-likeness (QED) is 0.742. The van der Waals surface area contributed by atoms with Gasteiger partial charge in [-0.05, 0) is 30.5 Å². The molecular weight excluding hydrogens is 225 g/mol. The summed E-state index contributed by atoms with van der Waals surface area (Å²) in [6.07, 6.45) is 2.23. The van der Waals surface area contributed by atoms with E-state index in [1.54, 1.807) is 12.1 Å². The highest BCUT2D eigenvalue weighted by Crippen LogP contribution is 2.39. The maximum atomic E-state index is 13.3. The Kier molecular flexibility index (Phi) is 3.47. The molecule has 0 spiro atoms. The monoisotopic (exact) mass is 247 g/mol. The SMILES string of the molecule is C=C(N1CCCC1c1cccc(F)c1)C(C)(C)C. The van der Waals surface area contributed by atoms with Crippen molar-refractivity contribution in [2.45, 2.75) is 39.7 Å². The lowest BCUT2D eigenvalue weighted by Crippen LogP contribution is -2.29. The fourth-order valence-electron chi connectivity index (χ4n) is 2.58. The summed E-state index contributed by atoms with van der Waals surface area (Å²) in [7, 11) is 0. The Bertz CT molecular complexity index is 445. The highest BCUT2D eigenvalue weighted by Gasteiger charge is 2.31. The van der Waals surface area contributed by atoms with Crippen LogP contribution in [0.5, 0.6) is 0 Å². The van der Waals surface area contributed by atoms with Gasteiger partial charge in [0.15, 0.2) is 0 Å². The first kappa shape index (κ1) is 13.1. The second kappa shape index (κ2) is 4.75. The minimum Gasteiger partial charge on any atom is -0.368 e. The number of nitrogens with zero attached hydrogens (tertiary/aromatic N) is 1. The van der Waals surface area contributed by atoms with Crippen molar-refractivity contribution in [3.63, 3.8) is 0 Å². The molecule has 1 unspecified atom stereocenters. The van der Waals surface area contributed by atoms with Gasteiger partial charge in [-0.2, -0.15) is 0 Å². The van der Waals surface area contributed by atoms with Crippen molar-refractivity contribution in [1.29, 1.82) is 0 Å². The molecule has 1 aromatic carbocycles. The zero-order chi connectivity index (χ0) is 13.3. The molecule has 98 valence electrons. The van der Waals surface area contributed by atoms with Gasteiger partial charge in [-0.15, -0.1) is 0 Å². The Morgan fingerprint density at radius 3 is 2.72 bits per heavy atom. The second-order valence-electron chi connectivity index (χ2n) is 6.10. The molecule has 1 aliphatic rings. The molecule has 0 aromatic heterocycles. The minimum atomic E-state index is -0.152. The maximum absolute atomic E-state index is 13.3. The zero-order valence-corrected chi connectivity index (χ0v) is 11.5. The van der Waals surface area contributed by atoms with Crippen molar-refractivity contribution >= 4 is 0 Å². The van der Waals surface area contributed by atoms with Gasteiger partial charge < -0.3 is 4.90 Å². The summed E-state index contributed by atoms with van der Waals surface area (Å²) in [6, 6.07) is 7.25. The normalized spacial score (nSPS) is 20.2. The van der Waals surface area contributed by atoms with Crippen molar-refractivity contribution in [3.05, 3.63) is 47.9 Å². The number of benzene rings is 1. The predicted octanol–water partition coefficient (Wildman–Crippen LogP) is 4.52. The maximum Gasteiger partial charge on any atom is 0.123 e. The first-order valence-corrected chi connectivity index (χ1v) is 6.61. The lowest BCUT2D eigenvalue weighted by Gasteiger charge is -2.36. The van der Waals surface area contributed by atoms with Gasteiger partial charge in [0.05, 0.1) is 6.04 Å². The summed E-state index contributed by atoms with van der Waals surface area (Å²) < 4.78 is 13.3. The smallest absolute Gasteiger partial charge is 0.123 e. The zero-order valence-electron chi connectivity index (χ0n) is 11.5. The average Bonchev–Trinajstić information content (AvgIpc) is 2.75. The highest BCUT2D eigenvalue weighted by molar-refractivity contribution is 5.23. The van der Waals surface area contributed by atoms with Gasteiger partial charge >= 0.3 is 0 Å². The number of rotatable bonds is 2. The van der Waals surface area contributed by atoms with Crippen molar-refractivity contribution < 1.29 is 4.39 Å². The highest BCUT2D eigenvalue weighted by atomic mass is 19.1. The Hall–Kier alpha value is -1.31. The van der Waals surface area contributed by atoms with Crippen LogP contribution < -0.4 is 0 Å². The Morgan fingerprint density at radius 1 is 1.39 bits per heavy atom. The van der Waals surface area contributed by atoms with Crippen molar-refractivity contribution in [2.24, 2.45) is 5.41 Å². The third-order valence-electron chi connectivity index (χ3n) is 3.70. The van der Waals surface area contributed by atoms with Crippen LogP contribution in [0.25, 0.3) is 0 Å². The molecule has 18 heavy (non-hydrogen) atoms. The van der Waals surface area contributed by atoms with Crippen LogP contribution >= 0.6 is 0 Å². The number of hydrogen-bond donors (Lipinski definition) is 0. The van der Waals surface area contributed by atoms with Crippen molar-refractivity contribution in [3.8, 4) is 0 Å². The standard InChI is InChI=1S/C16H22FN/c1-12(16(2,3)4)18-10-6-9-15(18)13-7-5-8-14(17)11-13/h5,7-8,11,15H,1,6,9-10H2,2-4H3. The van der Waals surface area contributed by atoms with E-state index >= 15 is 0 Å². The average molecular weight is 247 g/mol. The molecule has 1 fully saturated rings.